The summed E-state index contributed by atoms with van der Waals surface area (Å²) in [6.07, 6.45) is 3.89. The molecule has 5 rings (SSSR count). The van der Waals surface area contributed by atoms with Crippen LogP contribution in [0, 0.1) is 18.7 Å². The molecule has 5 nitrogen and oxygen atoms in total. The number of amides is 1. The molecule has 0 radical (unpaired) electrons. The van der Waals surface area contributed by atoms with Gasteiger partial charge in [-0.15, -0.1) is 0 Å². The summed E-state index contributed by atoms with van der Waals surface area (Å²) in [6.45, 7) is 2.55. The first-order valence-corrected chi connectivity index (χ1v) is 11.9. The zero-order chi connectivity index (χ0) is 21.4. The van der Waals surface area contributed by atoms with Crippen molar-refractivity contribution in [3.05, 3.63) is 71.0 Å². The average molecular weight is 439 g/mol. The molecule has 3 unspecified atom stereocenters. The second kappa shape index (κ2) is 8.54. The van der Waals surface area contributed by atoms with Gasteiger partial charge >= 0.3 is 0 Å². The van der Waals surface area contributed by atoms with Crippen LogP contribution in [0.15, 0.2) is 53.6 Å². The summed E-state index contributed by atoms with van der Waals surface area (Å²) in [6, 6.07) is 15.1. The number of fused-ring (bicyclic) bond motifs is 3. The number of hydrogen-bond donors (Lipinski definition) is 1. The lowest BCUT2D eigenvalue weighted by molar-refractivity contribution is -0.156. The van der Waals surface area contributed by atoms with E-state index in [4.69, 9.17) is 0 Å². The molecule has 162 valence electrons. The van der Waals surface area contributed by atoms with E-state index in [-0.39, 0.29) is 30.0 Å². The number of nitrogens with zero attached hydrogens (tertiary/aromatic N) is 3. The molecule has 3 aliphatic rings. The Labute approximate surface area is 186 Å². The molecule has 2 aliphatic heterocycles. The quantitative estimate of drug-likeness (QED) is 0.767. The van der Waals surface area contributed by atoms with Gasteiger partial charge in [-0.3, -0.25) is 15.1 Å². The highest BCUT2D eigenvalue weighted by Crippen LogP contribution is 2.39. The Bertz CT molecular complexity index is 995. The van der Waals surface area contributed by atoms with Crippen molar-refractivity contribution in [2.75, 3.05) is 0 Å². The van der Waals surface area contributed by atoms with Crippen LogP contribution < -0.4 is 5.43 Å². The first kappa shape index (κ1) is 20.4. The van der Waals surface area contributed by atoms with E-state index in [0.717, 1.165) is 42.2 Å². The van der Waals surface area contributed by atoms with Gasteiger partial charge in [0.05, 0.1) is 5.92 Å². The molecule has 2 aromatic rings. The maximum atomic E-state index is 13.4. The maximum Gasteiger partial charge on any atom is 0.231 e. The van der Waals surface area contributed by atoms with Gasteiger partial charge < -0.3 is 4.90 Å². The van der Waals surface area contributed by atoms with Gasteiger partial charge in [0.2, 0.25) is 5.91 Å². The predicted octanol–water partition coefficient (Wildman–Crippen LogP) is 4.43. The van der Waals surface area contributed by atoms with E-state index < -0.39 is 0 Å². The molecular formula is C24H27FN4OS. The zero-order valence-corrected chi connectivity index (χ0v) is 18.4. The molecule has 2 heterocycles. The first-order valence-electron chi connectivity index (χ1n) is 10.9. The van der Waals surface area contributed by atoms with Crippen LogP contribution >= 0.6 is 11.8 Å². The predicted molar refractivity (Wildman–Crippen MR) is 121 cm³/mol. The normalized spacial score (nSPS) is 25.0. The van der Waals surface area contributed by atoms with Crippen LogP contribution in [0.5, 0.6) is 0 Å². The number of amidine groups is 1. The third-order valence-corrected chi connectivity index (χ3v) is 7.50. The number of halogens is 1. The van der Waals surface area contributed by atoms with Crippen LogP contribution in [0.3, 0.4) is 0 Å². The Morgan fingerprint density at radius 1 is 1.13 bits per heavy atom. The van der Waals surface area contributed by atoms with E-state index >= 15 is 0 Å². The molecule has 7 heteroatoms. The standard InChI is InChI=1S/C24H27FN4OS/c1-16-5-4-6-18(13-16)15-31-24-27-26-23-28(14-17-9-11-19(25)12-10-17)22(30)20-7-2-3-8-21(20)29(23)24/h4-6,9-13,20-21,23,26H,2-3,7-8,14-15H2,1H3. The largest absolute Gasteiger partial charge is 0.307 e. The van der Waals surface area contributed by atoms with Crippen molar-refractivity contribution in [2.24, 2.45) is 11.0 Å². The van der Waals surface area contributed by atoms with Crippen LogP contribution in [0.2, 0.25) is 0 Å². The summed E-state index contributed by atoms with van der Waals surface area (Å²) in [5, 5.41) is 5.61. The van der Waals surface area contributed by atoms with Gasteiger partial charge in [-0.2, -0.15) is 5.10 Å². The molecule has 31 heavy (non-hydrogen) atoms. The Morgan fingerprint density at radius 2 is 1.94 bits per heavy atom. The fourth-order valence-corrected chi connectivity index (χ4v) is 5.93. The van der Waals surface area contributed by atoms with Crippen molar-refractivity contribution in [1.82, 2.24) is 15.2 Å². The van der Waals surface area contributed by atoms with Crippen LogP contribution in [-0.4, -0.2) is 33.2 Å². The second-order valence-corrected chi connectivity index (χ2v) is 9.58. The van der Waals surface area contributed by atoms with Crippen molar-refractivity contribution < 1.29 is 9.18 Å². The first-order chi connectivity index (χ1) is 15.1. The number of carbonyl (C=O) groups is 1. The number of rotatable bonds is 4. The minimum atomic E-state index is -0.281. The monoisotopic (exact) mass is 438 g/mol. The van der Waals surface area contributed by atoms with Crippen molar-refractivity contribution in [3.63, 3.8) is 0 Å². The summed E-state index contributed by atoms with van der Waals surface area (Å²) in [7, 11) is 0. The van der Waals surface area contributed by atoms with Crippen LogP contribution in [0.1, 0.15) is 42.4 Å². The van der Waals surface area contributed by atoms with Gasteiger partial charge in [-0.25, -0.2) is 4.39 Å². The van der Waals surface area contributed by atoms with Crippen molar-refractivity contribution in [1.29, 1.82) is 0 Å². The Kier molecular flexibility index (Phi) is 5.61. The van der Waals surface area contributed by atoms with Crippen LogP contribution in [-0.2, 0) is 17.1 Å². The Hall–Kier alpha value is -2.54. The average Bonchev–Trinajstić information content (AvgIpc) is 3.21. The molecule has 1 saturated carbocycles. The minimum absolute atomic E-state index is 0.00452. The van der Waals surface area contributed by atoms with Gasteiger partial charge in [0.15, 0.2) is 11.5 Å². The Balaban J connectivity index is 1.38. The number of thioether (sulfide) groups is 1. The molecule has 1 amide bonds. The van der Waals surface area contributed by atoms with Crippen LogP contribution in [0.4, 0.5) is 4.39 Å². The van der Waals surface area contributed by atoms with Gasteiger partial charge in [0.1, 0.15) is 5.82 Å². The van der Waals surface area contributed by atoms with Crippen LogP contribution in [0.25, 0.3) is 0 Å². The summed E-state index contributed by atoms with van der Waals surface area (Å²) in [4.78, 5) is 17.6. The maximum absolute atomic E-state index is 13.4. The second-order valence-electron chi connectivity index (χ2n) is 8.63. The van der Waals surface area contributed by atoms with Gasteiger partial charge in [0, 0.05) is 18.3 Å². The number of hydrazone groups is 1. The molecule has 0 aromatic heterocycles. The van der Waals surface area contributed by atoms with E-state index in [2.05, 4.69) is 46.6 Å². The van der Waals surface area contributed by atoms with E-state index in [1.165, 1.54) is 23.3 Å². The topological polar surface area (TPSA) is 47.9 Å². The van der Waals surface area contributed by atoms with E-state index in [1.807, 2.05) is 4.90 Å². The number of carbonyl (C=O) groups excluding carboxylic acids is 1. The summed E-state index contributed by atoms with van der Waals surface area (Å²) >= 11 is 1.72. The van der Waals surface area contributed by atoms with Gasteiger partial charge in [-0.05, 0) is 43.0 Å². The molecular weight excluding hydrogens is 411 g/mol. The molecule has 3 atom stereocenters. The molecule has 1 saturated heterocycles. The number of aryl methyl sites for hydroxylation is 1. The van der Waals surface area contributed by atoms with Gasteiger partial charge in [-0.1, -0.05) is 66.6 Å². The fourth-order valence-electron chi connectivity index (χ4n) is 4.95. The lowest BCUT2D eigenvalue weighted by atomic mass is 9.81. The molecule has 2 aromatic carbocycles. The molecule has 0 bridgehead atoms. The SMILES string of the molecule is Cc1cccc(CSC2=NNC3N(Cc4ccc(F)cc4)C(=O)C4CCCCC4N23)c1. The highest BCUT2D eigenvalue weighted by Gasteiger charge is 2.50. The fraction of sp³-hybridized carbons (Fsp3) is 0.417. The van der Waals surface area contributed by atoms with Crippen molar-refractivity contribution in [3.8, 4) is 0 Å². The lowest BCUT2D eigenvalue weighted by Crippen LogP contribution is -2.66. The zero-order valence-electron chi connectivity index (χ0n) is 17.6. The summed E-state index contributed by atoms with van der Waals surface area (Å²) in [5.74, 6) is 0.757. The number of hydrogen-bond acceptors (Lipinski definition) is 5. The van der Waals surface area contributed by atoms with E-state index in [9.17, 15) is 9.18 Å². The molecule has 1 N–H and O–H groups in total. The highest BCUT2D eigenvalue weighted by atomic mass is 32.2. The van der Waals surface area contributed by atoms with Gasteiger partial charge in [0.25, 0.3) is 0 Å². The van der Waals surface area contributed by atoms with Crippen molar-refractivity contribution >= 4 is 22.8 Å². The third kappa shape index (κ3) is 4.03. The third-order valence-electron chi connectivity index (χ3n) is 6.46. The highest BCUT2D eigenvalue weighted by molar-refractivity contribution is 8.13. The Morgan fingerprint density at radius 3 is 2.74 bits per heavy atom. The molecule has 0 spiro atoms. The molecule has 2 fully saturated rings. The lowest BCUT2D eigenvalue weighted by Gasteiger charge is -2.50. The minimum Gasteiger partial charge on any atom is -0.307 e. The number of benzene rings is 2. The smallest absolute Gasteiger partial charge is 0.231 e. The van der Waals surface area contributed by atoms with Crippen molar-refractivity contribution in [2.45, 2.75) is 57.2 Å². The number of nitrogens with one attached hydrogen (secondary N) is 1. The van der Waals surface area contributed by atoms with E-state index in [0.29, 0.717) is 6.54 Å². The summed E-state index contributed by atoms with van der Waals surface area (Å²) in [5.41, 5.74) is 6.67. The summed E-state index contributed by atoms with van der Waals surface area (Å²) < 4.78 is 13.4. The molecule has 1 aliphatic carbocycles. The van der Waals surface area contributed by atoms with E-state index in [1.54, 1.807) is 23.9 Å².